The molecule has 0 unspecified atom stereocenters. The van der Waals surface area contributed by atoms with Crippen LogP contribution in [0.25, 0.3) is 0 Å². The number of amides is 1. The van der Waals surface area contributed by atoms with E-state index in [9.17, 15) is 9.59 Å². The molecule has 1 aliphatic carbocycles. The Morgan fingerprint density at radius 1 is 1.24 bits per heavy atom. The molecular weight excluding hydrogens is 388 g/mol. The van der Waals surface area contributed by atoms with Crippen molar-refractivity contribution < 1.29 is 14.3 Å². The van der Waals surface area contributed by atoms with Gasteiger partial charge in [-0.1, -0.05) is 0 Å². The Labute approximate surface area is 153 Å². The van der Waals surface area contributed by atoms with E-state index >= 15 is 0 Å². The first-order valence-corrected chi connectivity index (χ1v) is 8.90. The van der Waals surface area contributed by atoms with Crippen LogP contribution in [0.2, 0.25) is 0 Å². The van der Waals surface area contributed by atoms with E-state index in [0.717, 1.165) is 12.8 Å². The maximum atomic E-state index is 12.4. The lowest BCUT2D eigenvalue weighted by molar-refractivity contribution is 0.102. The Balaban J connectivity index is 1.78. The maximum absolute atomic E-state index is 12.4. The molecule has 7 heteroatoms. The molecular formula is C18H19BrN2O4. The first-order valence-electron chi connectivity index (χ1n) is 8.11. The van der Waals surface area contributed by atoms with Crippen LogP contribution in [-0.2, 0) is 0 Å². The second-order valence-electron chi connectivity index (χ2n) is 5.90. The lowest BCUT2D eigenvalue weighted by Crippen LogP contribution is -2.19. The van der Waals surface area contributed by atoms with Gasteiger partial charge in [0.05, 0.1) is 13.2 Å². The second kappa shape index (κ2) is 7.74. The minimum absolute atomic E-state index is 0.171. The monoisotopic (exact) mass is 406 g/mol. The molecule has 0 radical (unpaired) electrons. The van der Waals surface area contributed by atoms with E-state index in [2.05, 4.69) is 26.2 Å². The molecule has 0 spiro atoms. The standard InChI is InChI=1S/C18H19BrN2O4/c1-24-16-8-11(6-7-15(16)25-13-4-2-3-5-13)17(22)21-14-9-12(19)10-20-18(14)23/h6-10,13H,2-5H2,1H3,(H,20,23)(H,21,22). The minimum Gasteiger partial charge on any atom is -0.493 e. The number of benzene rings is 1. The van der Waals surface area contributed by atoms with Crippen molar-refractivity contribution >= 4 is 27.5 Å². The van der Waals surface area contributed by atoms with Crippen molar-refractivity contribution in [2.75, 3.05) is 12.4 Å². The molecule has 3 rings (SSSR count). The van der Waals surface area contributed by atoms with Crippen molar-refractivity contribution in [3.8, 4) is 11.5 Å². The normalized spacial score (nSPS) is 14.3. The van der Waals surface area contributed by atoms with E-state index in [-0.39, 0.29) is 17.4 Å². The Hall–Kier alpha value is -2.28. The molecule has 2 aromatic rings. The third-order valence-corrected chi connectivity index (χ3v) is 4.60. The Morgan fingerprint density at radius 3 is 2.72 bits per heavy atom. The van der Waals surface area contributed by atoms with Crippen molar-refractivity contribution in [2.24, 2.45) is 0 Å². The van der Waals surface area contributed by atoms with E-state index in [1.54, 1.807) is 24.3 Å². The number of aromatic nitrogens is 1. The summed E-state index contributed by atoms with van der Waals surface area (Å²) in [5, 5.41) is 2.60. The quantitative estimate of drug-likeness (QED) is 0.792. The van der Waals surface area contributed by atoms with Crippen molar-refractivity contribution in [3.63, 3.8) is 0 Å². The molecule has 25 heavy (non-hydrogen) atoms. The Morgan fingerprint density at radius 2 is 2.00 bits per heavy atom. The first-order chi connectivity index (χ1) is 12.1. The molecule has 1 aromatic heterocycles. The fourth-order valence-electron chi connectivity index (χ4n) is 2.84. The number of pyridine rings is 1. The summed E-state index contributed by atoms with van der Waals surface area (Å²) in [5.74, 6) is 0.739. The first kappa shape index (κ1) is 17.5. The highest BCUT2D eigenvalue weighted by molar-refractivity contribution is 9.10. The van der Waals surface area contributed by atoms with Gasteiger partial charge in [-0.05, 0) is 65.9 Å². The van der Waals surface area contributed by atoms with Crippen molar-refractivity contribution in [1.29, 1.82) is 0 Å². The molecule has 1 saturated carbocycles. The molecule has 6 nitrogen and oxygen atoms in total. The summed E-state index contributed by atoms with van der Waals surface area (Å²) in [4.78, 5) is 26.7. The van der Waals surface area contributed by atoms with Gasteiger partial charge >= 0.3 is 0 Å². The van der Waals surface area contributed by atoms with Gasteiger partial charge in [0, 0.05) is 16.2 Å². The number of halogens is 1. The van der Waals surface area contributed by atoms with Gasteiger partial charge in [0.1, 0.15) is 5.69 Å². The fraction of sp³-hybridized carbons (Fsp3) is 0.333. The molecule has 0 atom stereocenters. The fourth-order valence-corrected chi connectivity index (χ4v) is 3.18. The number of anilines is 1. The highest BCUT2D eigenvalue weighted by Gasteiger charge is 2.19. The number of ether oxygens (including phenoxy) is 2. The molecule has 2 N–H and O–H groups in total. The number of H-pyrrole nitrogens is 1. The summed E-state index contributed by atoms with van der Waals surface area (Å²) in [7, 11) is 1.54. The van der Waals surface area contributed by atoms with E-state index in [4.69, 9.17) is 9.47 Å². The summed E-state index contributed by atoms with van der Waals surface area (Å²) >= 11 is 3.26. The number of carbonyl (C=O) groups is 1. The molecule has 1 amide bonds. The van der Waals surface area contributed by atoms with Gasteiger partial charge in [0.25, 0.3) is 11.5 Å². The zero-order valence-electron chi connectivity index (χ0n) is 13.8. The maximum Gasteiger partial charge on any atom is 0.271 e. The van der Waals surface area contributed by atoms with Crippen LogP contribution in [0, 0.1) is 0 Å². The molecule has 0 saturated heterocycles. The van der Waals surface area contributed by atoms with E-state index in [1.807, 2.05) is 0 Å². The number of hydrogen-bond acceptors (Lipinski definition) is 4. The molecule has 1 aliphatic rings. The lowest BCUT2D eigenvalue weighted by atomic mass is 10.1. The largest absolute Gasteiger partial charge is 0.493 e. The average Bonchev–Trinajstić information content (AvgIpc) is 3.11. The van der Waals surface area contributed by atoms with Crippen molar-refractivity contribution in [2.45, 2.75) is 31.8 Å². The highest BCUT2D eigenvalue weighted by atomic mass is 79.9. The third-order valence-electron chi connectivity index (χ3n) is 4.14. The zero-order valence-corrected chi connectivity index (χ0v) is 15.4. The van der Waals surface area contributed by atoms with Gasteiger partial charge in [-0.3, -0.25) is 9.59 Å². The molecule has 0 aliphatic heterocycles. The summed E-state index contributed by atoms with van der Waals surface area (Å²) < 4.78 is 12.0. The van der Waals surface area contributed by atoms with E-state index in [1.165, 1.54) is 26.1 Å². The van der Waals surface area contributed by atoms with E-state index < -0.39 is 5.91 Å². The number of rotatable bonds is 5. The van der Waals surface area contributed by atoms with Gasteiger partial charge in [-0.25, -0.2) is 0 Å². The number of nitrogens with one attached hydrogen (secondary N) is 2. The summed E-state index contributed by atoms with van der Waals surface area (Å²) in [6.45, 7) is 0. The smallest absolute Gasteiger partial charge is 0.271 e. The SMILES string of the molecule is COc1cc(C(=O)Nc2cc(Br)c[nH]c2=O)ccc1OC1CCCC1. The van der Waals surface area contributed by atoms with E-state index in [0.29, 0.717) is 21.5 Å². The summed E-state index contributed by atoms with van der Waals surface area (Å²) in [6, 6.07) is 6.56. The van der Waals surface area contributed by atoms with Crippen LogP contribution in [-0.4, -0.2) is 24.1 Å². The molecule has 0 bridgehead atoms. The highest BCUT2D eigenvalue weighted by Crippen LogP contribution is 2.32. The Kier molecular flexibility index (Phi) is 5.43. The zero-order chi connectivity index (χ0) is 17.8. The molecule has 132 valence electrons. The van der Waals surface area contributed by atoms with Crippen LogP contribution in [0.5, 0.6) is 11.5 Å². The van der Waals surface area contributed by atoms with Crippen LogP contribution in [0.15, 0.2) is 39.7 Å². The van der Waals surface area contributed by atoms with Crippen LogP contribution >= 0.6 is 15.9 Å². The van der Waals surface area contributed by atoms with Crippen molar-refractivity contribution in [3.05, 3.63) is 50.9 Å². The summed E-state index contributed by atoms with van der Waals surface area (Å²) in [5.41, 5.74) is 0.185. The van der Waals surface area contributed by atoms with Crippen LogP contribution < -0.4 is 20.3 Å². The van der Waals surface area contributed by atoms with Crippen LogP contribution in [0.4, 0.5) is 5.69 Å². The topological polar surface area (TPSA) is 80.4 Å². The number of carbonyl (C=O) groups excluding carboxylic acids is 1. The van der Waals surface area contributed by atoms with Crippen LogP contribution in [0.3, 0.4) is 0 Å². The predicted octanol–water partition coefficient (Wildman–Crippen LogP) is 3.72. The molecule has 1 fully saturated rings. The third kappa shape index (κ3) is 4.22. The molecule has 1 aromatic carbocycles. The number of aromatic amines is 1. The molecule has 1 heterocycles. The minimum atomic E-state index is -0.394. The van der Waals surface area contributed by atoms with Gasteiger partial charge in [0.2, 0.25) is 0 Å². The summed E-state index contributed by atoms with van der Waals surface area (Å²) in [6.07, 6.45) is 6.14. The number of methoxy groups -OCH3 is 1. The van der Waals surface area contributed by atoms with Crippen molar-refractivity contribution in [1.82, 2.24) is 4.98 Å². The predicted molar refractivity (Wildman–Crippen MR) is 98.6 cm³/mol. The Bertz CT molecular complexity index is 828. The van der Waals surface area contributed by atoms with Gasteiger partial charge in [0.15, 0.2) is 11.5 Å². The average molecular weight is 407 g/mol. The lowest BCUT2D eigenvalue weighted by Gasteiger charge is -2.16. The van der Waals surface area contributed by atoms with Gasteiger partial charge in [-0.2, -0.15) is 0 Å². The van der Waals surface area contributed by atoms with Gasteiger partial charge in [-0.15, -0.1) is 0 Å². The van der Waals surface area contributed by atoms with Gasteiger partial charge < -0.3 is 19.8 Å². The van der Waals surface area contributed by atoms with Crippen LogP contribution in [0.1, 0.15) is 36.0 Å². The number of hydrogen-bond donors (Lipinski definition) is 2. The second-order valence-corrected chi connectivity index (χ2v) is 6.82.